The van der Waals surface area contributed by atoms with Gasteiger partial charge in [-0.25, -0.2) is 84.7 Å². The first kappa shape index (κ1) is 115. The Morgan fingerprint density at radius 2 is 0.703 bits per heavy atom. The van der Waals surface area contributed by atoms with Crippen molar-refractivity contribution in [1.82, 2.24) is 84.7 Å². The molecule has 9 aromatic rings. The summed E-state index contributed by atoms with van der Waals surface area (Å²) in [4.78, 5) is 94.3. The van der Waals surface area contributed by atoms with Crippen molar-refractivity contribution in [1.29, 1.82) is 0 Å². The van der Waals surface area contributed by atoms with E-state index in [9.17, 15) is 0 Å². The molecule has 24 nitrogen and oxygen atoms in total. The van der Waals surface area contributed by atoms with Crippen LogP contribution in [0, 0.1) is 13.8 Å². The molecule has 5 aliphatic rings. The van der Waals surface area contributed by atoms with Crippen molar-refractivity contribution in [2.75, 3.05) is 24.5 Å². The highest BCUT2D eigenvalue weighted by atomic mass is 15.2. The van der Waals surface area contributed by atoms with E-state index in [1.165, 1.54) is 56.9 Å². The van der Waals surface area contributed by atoms with Crippen LogP contribution in [0.25, 0.3) is 33.8 Å². The number of hydrogen-bond acceptors (Lipinski definition) is 24. The van der Waals surface area contributed by atoms with Gasteiger partial charge in [-0.1, -0.05) is 196 Å². The molecule has 14 heterocycles. The summed E-state index contributed by atoms with van der Waals surface area (Å²) in [5.74, 6) is 9.14. The second-order valence-electron chi connectivity index (χ2n) is 28.8. The van der Waals surface area contributed by atoms with Crippen LogP contribution in [0.2, 0.25) is 0 Å². The van der Waals surface area contributed by atoms with Crippen LogP contribution in [-0.2, 0) is 44.9 Å². The van der Waals surface area contributed by atoms with Crippen molar-refractivity contribution in [3.05, 3.63) is 204 Å². The van der Waals surface area contributed by atoms with Crippen LogP contribution in [0.15, 0.2) is 159 Å². The first-order valence-corrected chi connectivity index (χ1v) is 48.5. The minimum atomic E-state index is 0.698. The molecule has 0 aliphatic carbocycles. The van der Waals surface area contributed by atoms with E-state index in [-0.39, 0.29) is 0 Å². The van der Waals surface area contributed by atoms with Crippen molar-refractivity contribution in [3.63, 3.8) is 0 Å². The lowest BCUT2D eigenvalue weighted by atomic mass is 10.1. The fourth-order valence-corrected chi connectivity index (χ4v) is 11.9. The molecule has 0 amide bonds. The number of rotatable bonds is 28. The third-order valence-electron chi connectivity index (χ3n) is 18.6. The van der Waals surface area contributed by atoms with Gasteiger partial charge < -0.3 is 4.90 Å². The molecular formula is C104H162N24. The zero-order chi connectivity index (χ0) is 94.9. The second kappa shape index (κ2) is 74.1. The number of aromatic nitrogens is 17. The molecule has 0 unspecified atom stereocenters. The van der Waals surface area contributed by atoms with Crippen LogP contribution >= 0.6 is 0 Å². The molecule has 0 aromatic carbocycles. The number of nitrogens with zero attached hydrogens (tertiary/aromatic N) is 24. The molecule has 0 radical (unpaired) electrons. The molecule has 24 heteroatoms. The predicted octanol–water partition coefficient (Wildman–Crippen LogP) is 26.2. The lowest BCUT2D eigenvalue weighted by Gasteiger charge is -2.27. The maximum atomic E-state index is 4.65. The Hall–Kier alpha value is -10.9. The van der Waals surface area contributed by atoms with Crippen molar-refractivity contribution in [3.8, 4) is 22.5 Å². The number of pyridine rings is 1. The Kier molecular flexibility index (Phi) is 66.6. The van der Waals surface area contributed by atoms with E-state index in [0.717, 1.165) is 279 Å². The minimum Gasteiger partial charge on any atom is -0.357 e. The van der Waals surface area contributed by atoms with Gasteiger partial charge in [0.25, 0.3) is 0 Å². The quantitative estimate of drug-likeness (QED) is 0.0440. The van der Waals surface area contributed by atoms with Crippen LogP contribution in [0.1, 0.15) is 377 Å². The lowest BCUT2D eigenvalue weighted by Crippen LogP contribution is -2.30. The van der Waals surface area contributed by atoms with Crippen molar-refractivity contribution >= 4 is 51.5 Å². The molecule has 0 saturated carbocycles. The third-order valence-corrected chi connectivity index (χ3v) is 18.6. The molecule has 698 valence electrons. The van der Waals surface area contributed by atoms with Gasteiger partial charge in [0.2, 0.25) is 0 Å². The van der Waals surface area contributed by atoms with Gasteiger partial charge in [0.1, 0.15) is 58.1 Å². The normalized spacial score (nSPS) is 12.6. The topological polar surface area (TPSA) is 297 Å². The second-order valence-corrected chi connectivity index (χ2v) is 28.8. The fourth-order valence-electron chi connectivity index (χ4n) is 11.9. The molecule has 0 N–H and O–H groups in total. The van der Waals surface area contributed by atoms with Crippen molar-refractivity contribution in [2.24, 2.45) is 30.2 Å². The molecule has 9 aromatic heterocycles. The van der Waals surface area contributed by atoms with Crippen LogP contribution in [0.4, 0.5) is 5.82 Å². The predicted molar refractivity (Wildman–Crippen MR) is 544 cm³/mol. The minimum absolute atomic E-state index is 0.698. The summed E-state index contributed by atoms with van der Waals surface area (Å²) in [7, 11) is 0. The fraction of sp³-hybridized carbons (Fsp3) is 0.548. The van der Waals surface area contributed by atoms with Gasteiger partial charge in [-0.15, -0.1) is 0 Å². The lowest BCUT2D eigenvalue weighted by molar-refractivity contribution is 0.571. The number of aliphatic imine (C=N–C) groups is 4. The van der Waals surface area contributed by atoms with Gasteiger partial charge in [-0.2, -0.15) is 10.2 Å². The monoisotopic (exact) mass is 1750 g/mol. The largest absolute Gasteiger partial charge is 0.357 e. The molecule has 5 aliphatic heterocycles. The summed E-state index contributed by atoms with van der Waals surface area (Å²) in [5.41, 5.74) is 16.2. The zero-order valence-electron chi connectivity index (χ0n) is 84.1. The first-order valence-electron chi connectivity index (χ1n) is 48.5. The average molecular weight is 1750 g/mol. The van der Waals surface area contributed by atoms with Crippen LogP contribution < -0.4 is 4.90 Å². The summed E-state index contributed by atoms with van der Waals surface area (Å²) in [6.45, 7) is 58.2. The van der Waals surface area contributed by atoms with E-state index in [0.29, 0.717) is 6.54 Å². The highest BCUT2D eigenvalue weighted by molar-refractivity contribution is 6.13. The number of hydrogen-bond donors (Lipinski definition) is 0. The Morgan fingerprint density at radius 1 is 0.320 bits per heavy atom. The maximum absolute atomic E-state index is 4.65. The van der Waals surface area contributed by atoms with E-state index in [1.807, 2.05) is 236 Å². The molecule has 128 heavy (non-hydrogen) atoms. The number of allylic oxidation sites excluding steroid dienone is 2. The standard InChI is InChI=1S/C14H17N3.C13H16N4.2C13H17N3.C13H21N3.2C12H16N4.7C2H6/c1-3-4-5-14-15-9-8-13(17-14)12-7-6-11(2)16-10-12;1-3-4-5-13-14-7-6-12(17-13)11-8-15-10(2)16-9-11;1-3-4-5-13-14-7-6-12(16-13)11-8-10(2)15-9-11;1-3-4-5-13-14-9-8-12(16-13)11-7-6-10(2)15-11;1-2-3-7-12-14-9-8-13(15-12)16-10-5-4-6-11-16;1-3-4-5-12-13-7-6-10(14-12)11-8-9(2)15-16-11;1-3-4-5-11-13-7-6-10(16-11)12-14-8-9(2)15-12;7*1-2/h6-10H,3-5H2,1-2H3;6-9H,3-5H2,1-2H3;6-7,9H,3-5,8H2,1-2H3;7-9H,3-6H2,1-2H3;8-9H,2-7,10-11H2,1H3;2*6-7H,3-5,8H2,1-2H3;7*1-2H3. The Bertz CT molecular complexity index is 4390. The summed E-state index contributed by atoms with van der Waals surface area (Å²) < 4.78 is 0. The summed E-state index contributed by atoms with van der Waals surface area (Å²) >= 11 is 0. The molecule has 1 saturated heterocycles. The average Bonchev–Trinajstić information content (AvgIpc) is 1.84. The number of amidine groups is 1. The van der Waals surface area contributed by atoms with Gasteiger partial charge >= 0.3 is 0 Å². The van der Waals surface area contributed by atoms with Gasteiger partial charge in [-0.05, 0) is 160 Å². The van der Waals surface area contributed by atoms with Gasteiger partial charge in [0, 0.05) is 191 Å². The molecule has 1 fully saturated rings. The Balaban J connectivity index is 0.000000729. The van der Waals surface area contributed by atoms with Crippen LogP contribution in [-0.4, -0.2) is 139 Å². The first-order chi connectivity index (χ1) is 62.7. The number of anilines is 1. The van der Waals surface area contributed by atoms with Crippen molar-refractivity contribution < 1.29 is 0 Å². The SMILES string of the molecule is CC.CC.CC.CC.CC.CC.CC.CCCCc1nccc(-c2ccc(C)nc2)n1.CCCCc1nccc(-c2cnc(C)nc2)n1.CCCCc1nccc(C2=CCC(C)=N2)n1.CCCCc1nccc(C2=CN=C(C)C2)n1.CCCCc1nccc(C2=NCC(C)=N2)n1.CCCCc1nccc(C2=NN=C(C)C2)n1.CCCCc1nccc(N2CCCCC2)n1. The van der Waals surface area contributed by atoms with Crippen molar-refractivity contribution in [2.45, 2.75) is 360 Å². The molecular weight excluding hydrogens is 1590 g/mol. The molecule has 0 bridgehead atoms. The smallest absolute Gasteiger partial charge is 0.174 e. The number of piperidine rings is 1. The highest BCUT2D eigenvalue weighted by Gasteiger charge is 2.17. The molecule has 0 spiro atoms. The summed E-state index contributed by atoms with van der Waals surface area (Å²) in [6, 6.07) is 17.6. The van der Waals surface area contributed by atoms with E-state index >= 15 is 0 Å². The van der Waals surface area contributed by atoms with Crippen LogP contribution in [0.3, 0.4) is 0 Å². The highest BCUT2D eigenvalue weighted by Crippen LogP contribution is 2.25. The van der Waals surface area contributed by atoms with E-state index < -0.39 is 0 Å². The van der Waals surface area contributed by atoms with E-state index in [4.69, 9.17) is 0 Å². The third kappa shape index (κ3) is 46.7. The zero-order valence-corrected chi connectivity index (χ0v) is 84.1. The maximum Gasteiger partial charge on any atom is 0.174 e. The Labute approximate surface area is 773 Å². The molecule has 0 atom stereocenters. The van der Waals surface area contributed by atoms with E-state index in [2.05, 4.69) is 174 Å². The van der Waals surface area contributed by atoms with Crippen LogP contribution in [0.5, 0.6) is 0 Å². The summed E-state index contributed by atoms with van der Waals surface area (Å²) in [6.07, 6.45) is 51.8. The Morgan fingerprint density at radius 3 is 1.09 bits per heavy atom. The van der Waals surface area contributed by atoms with Gasteiger partial charge in [0.15, 0.2) is 5.84 Å². The number of unbranched alkanes of at least 4 members (excludes halogenated alkanes) is 7. The number of aryl methyl sites for hydroxylation is 9. The van der Waals surface area contributed by atoms with Gasteiger partial charge in [0.05, 0.1) is 46.4 Å². The van der Waals surface area contributed by atoms with Gasteiger partial charge in [-0.3, -0.25) is 20.0 Å². The summed E-state index contributed by atoms with van der Waals surface area (Å²) in [5, 5.41) is 8.15. The van der Waals surface area contributed by atoms with E-state index in [1.54, 1.807) is 24.8 Å². The molecule has 14 rings (SSSR count).